The van der Waals surface area contributed by atoms with Crippen molar-refractivity contribution in [1.29, 1.82) is 5.26 Å². The number of hydrogen-bond acceptors (Lipinski definition) is 2. The Morgan fingerprint density at radius 3 is 2.67 bits per heavy atom. The van der Waals surface area contributed by atoms with Gasteiger partial charge in [-0.1, -0.05) is 0 Å². The van der Waals surface area contributed by atoms with E-state index in [4.69, 9.17) is 5.26 Å². The lowest BCUT2D eigenvalue weighted by Gasteiger charge is -1.79. The van der Waals surface area contributed by atoms with Crippen LogP contribution in [0.25, 0.3) is 0 Å². The second-order valence-corrected chi connectivity index (χ2v) is 2.55. The molecule has 0 saturated heterocycles. The molecule has 46 valence electrons. The maximum atomic E-state index is 12.5. The van der Waals surface area contributed by atoms with Crippen molar-refractivity contribution in [1.82, 2.24) is 0 Å². The van der Waals surface area contributed by atoms with Crippen LogP contribution in [-0.4, -0.2) is 0 Å². The molecule has 0 spiro atoms. The number of nitriles is 1. The fourth-order valence-corrected chi connectivity index (χ4v) is 1.22. The quantitative estimate of drug-likeness (QED) is 0.542. The first kappa shape index (κ1) is 6.24. The maximum Gasteiger partial charge on any atom is 0.154 e. The number of halogens is 1. The van der Waals surface area contributed by atoms with Crippen LogP contribution in [-0.2, 0) is 0 Å². The highest BCUT2D eigenvalue weighted by atomic mass is 32.1. The van der Waals surface area contributed by atoms with Gasteiger partial charge in [-0.25, -0.2) is 4.39 Å². The zero-order valence-corrected chi connectivity index (χ0v) is 5.63. The van der Waals surface area contributed by atoms with Gasteiger partial charge in [0.15, 0.2) is 5.82 Å². The largest absolute Gasteiger partial charge is 0.204 e. The van der Waals surface area contributed by atoms with Crippen molar-refractivity contribution in [2.45, 2.75) is 6.92 Å². The van der Waals surface area contributed by atoms with Crippen molar-refractivity contribution in [3.8, 4) is 6.07 Å². The number of rotatable bonds is 0. The SMILES string of the molecule is Cc1csc(C#N)c1F. The maximum absolute atomic E-state index is 12.5. The monoisotopic (exact) mass is 141 g/mol. The molecule has 0 fully saturated rings. The van der Waals surface area contributed by atoms with Gasteiger partial charge in [0, 0.05) is 0 Å². The zero-order valence-electron chi connectivity index (χ0n) is 4.81. The predicted molar refractivity (Wildman–Crippen MR) is 33.7 cm³/mol. The molecule has 1 heterocycles. The third-order valence-electron chi connectivity index (χ3n) is 1.00. The van der Waals surface area contributed by atoms with Crippen LogP contribution in [0, 0.1) is 24.1 Å². The molecule has 0 amide bonds. The van der Waals surface area contributed by atoms with Crippen molar-refractivity contribution in [2.24, 2.45) is 0 Å². The van der Waals surface area contributed by atoms with E-state index in [9.17, 15) is 4.39 Å². The van der Waals surface area contributed by atoms with Crippen molar-refractivity contribution in [3.63, 3.8) is 0 Å². The smallest absolute Gasteiger partial charge is 0.154 e. The molecule has 0 aliphatic heterocycles. The minimum atomic E-state index is -0.373. The summed E-state index contributed by atoms with van der Waals surface area (Å²) >= 11 is 1.14. The molecule has 0 N–H and O–H groups in total. The summed E-state index contributed by atoms with van der Waals surface area (Å²) in [7, 11) is 0. The van der Waals surface area contributed by atoms with E-state index in [0.717, 1.165) is 11.3 Å². The first-order valence-electron chi connectivity index (χ1n) is 2.39. The molecule has 0 aromatic carbocycles. The number of aryl methyl sites for hydroxylation is 1. The normalized spacial score (nSPS) is 9.00. The van der Waals surface area contributed by atoms with Crippen LogP contribution in [0.2, 0.25) is 0 Å². The highest BCUT2D eigenvalue weighted by Gasteiger charge is 2.05. The van der Waals surface area contributed by atoms with Crippen LogP contribution in [0.1, 0.15) is 10.4 Å². The summed E-state index contributed by atoms with van der Waals surface area (Å²) in [6.07, 6.45) is 0. The summed E-state index contributed by atoms with van der Waals surface area (Å²) in [5, 5.41) is 9.88. The van der Waals surface area contributed by atoms with E-state index in [-0.39, 0.29) is 10.7 Å². The third kappa shape index (κ3) is 0.936. The molecule has 1 rings (SSSR count). The van der Waals surface area contributed by atoms with Crippen molar-refractivity contribution in [2.75, 3.05) is 0 Å². The van der Waals surface area contributed by atoms with Crippen molar-refractivity contribution < 1.29 is 4.39 Å². The van der Waals surface area contributed by atoms with Gasteiger partial charge in [-0.2, -0.15) is 5.26 Å². The van der Waals surface area contributed by atoms with Gasteiger partial charge in [0.2, 0.25) is 0 Å². The lowest BCUT2D eigenvalue weighted by atomic mass is 10.3. The molecule has 1 nitrogen and oxygen atoms in total. The Bertz CT molecular complexity index is 259. The van der Waals surface area contributed by atoms with E-state index < -0.39 is 0 Å². The van der Waals surface area contributed by atoms with Crippen molar-refractivity contribution in [3.05, 3.63) is 21.6 Å². The predicted octanol–water partition coefficient (Wildman–Crippen LogP) is 2.07. The van der Waals surface area contributed by atoms with Crippen molar-refractivity contribution >= 4 is 11.3 Å². The number of thiophene rings is 1. The van der Waals surface area contributed by atoms with Gasteiger partial charge in [-0.05, 0) is 17.9 Å². The van der Waals surface area contributed by atoms with E-state index in [1.165, 1.54) is 0 Å². The topological polar surface area (TPSA) is 23.8 Å². The Morgan fingerprint density at radius 2 is 2.44 bits per heavy atom. The van der Waals surface area contributed by atoms with Gasteiger partial charge >= 0.3 is 0 Å². The molecular formula is C6H4FNS. The Labute approximate surface area is 56.4 Å². The third-order valence-corrected chi connectivity index (χ3v) is 1.98. The summed E-state index contributed by atoms with van der Waals surface area (Å²) < 4.78 is 12.5. The van der Waals surface area contributed by atoms with E-state index in [1.54, 1.807) is 18.4 Å². The van der Waals surface area contributed by atoms with E-state index >= 15 is 0 Å². The van der Waals surface area contributed by atoms with E-state index in [1.807, 2.05) is 0 Å². The Morgan fingerprint density at radius 1 is 1.78 bits per heavy atom. The summed E-state index contributed by atoms with van der Waals surface area (Å²) in [5.74, 6) is -0.373. The van der Waals surface area contributed by atoms with E-state index in [2.05, 4.69) is 0 Å². The molecule has 3 heteroatoms. The molecule has 0 saturated carbocycles. The molecule has 1 aromatic heterocycles. The minimum absolute atomic E-state index is 0.174. The second-order valence-electron chi connectivity index (χ2n) is 1.67. The van der Waals surface area contributed by atoms with Gasteiger partial charge in [0.25, 0.3) is 0 Å². The Hall–Kier alpha value is -0.880. The first-order chi connectivity index (χ1) is 4.25. The Balaban J connectivity index is 3.24. The zero-order chi connectivity index (χ0) is 6.85. The molecule has 1 aromatic rings. The standard InChI is InChI=1S/C6H4FNS/c1-4-3-9-5(2-8)6(4)7/h3H,1H3. The van der Waals surface area contributed by atoms with Gasteiger partial charge in [0.05, 0.1) is 0 Å². The van der Waals surface area contributed by atoms with Crippen LogP contribution in [0.4, 0.5) is 4.39 Å². The fraction of sp³-hybridized carbons (Fsp3) is 0.167. The van der Waals surface area contributed by atoms with Crippen LogP contribution in [0.5, 0.6) is 0 Å². The van der Waals surface area contributed by atoms with Crippen LogP contribution in [0.15, 0.2) is 5.38 Å². The average molecular weight is 141 g/mol. The molecule has 0 unspecified atom stereocenters. The molecule has 0 atom stereocenters. The number of nitrogens with zero attached hydrogens (tertiary/aromatic N) is 1. The molecule has 0 aliphatic carbocycles. The molecule has 0 bridgehead atoms. The molecule has 9 heavy (non-hydrogen) atoms. The summed E-state index contributed by atoms with van der Waals surface area (Å²) in [4.78, 5) is 0.174. The highest BCUT2D eigenvalue weighted by Crippen LogP contribution is 2.17. The molecular weight excluding hydrogens is 137 g/mol. The van der Waals surface area contributed by atoms with Gasteiger partial charge in [0.1, 0.15) is 10.9 Å². The summed E-state index contributed by atoms with van der Waals surface area (Å²) in [5.41, 5.74) is 0.552. The molecule has 0 radical (unpaired) electrons. The first-order valence-corrected chi connectivity index (χ1v) is 3.27. The van der Waals surface area contributed by atoms with Gasteiger partial charge in [-0.15, -0.1) is 11.3 Å². The number of hydrogen-bond donors (Lipinski definition) is 0. The lowest BCUT2D eigenvalue weighted by Crippen LogP contribution is -1.74. The average Bonchev–Trinajstić information content (AvgIpc) is 2.15. The van der Waals surface area contributed by atoms with Gasteiger partial charge < -0.3 is 0 Å². The summed E-state index contributed by atoms with van der Waals surface area (Å²) in [6, 6.07) is 1.76. The Kier molecular flexibility index (Phi) is 1.50. The second kappa shape index (κ2) is 2.16. The summed E-state index contributed by atoms with van der Waals surface area (Å²) in [6.45, 7) is 1.65. The van der Waals surface area contributed by atoms with Gasteiger partial charge in [-0.3, -0.25) is 0 Å². The van der Waals surface area contributed by atoms with Crippen LogP contribution < -0.4 is 0 Å². The fourth-order valence-electron chi connectivity index (χ4n) is 0.505. The van der Waals surface area contributed by atoms with Crippen LogP contribution in [0.3, 0.4) is 0 Å². The minimum Gasteiger partial charge on any atom is -0.204 e. The molecule has 0 aliphatic rings. The highest BCUT2D eigenvalue weighted by molar-refractivity contribution is 7.10. The lowest BCUT2D eigenvalue weighted by molar-refractivity contribution is 0.621. The van der Waals surface area contributed by atoms with Crippen LogP contribution >= 0.6 is 11.3 Å². The van der Waals surface area contributed by atoms with E-state index in [0.29, 0.717) is 5.56 Å².